The summed E-state index contributed by atoms with van der Waals surface area (Å²) in [5.41, 5.74) is 1.61. The molecule has 3 rings (SSSR count). The number of amides is 1. The number of rotatable bonds is 4. The van der Waals surface area contributed by atoms with Gasteiger partial charge in [0.25, 0.3) is 5.91 Å². The number of aryl methyl sites for hydroxylation is 2. The minimum Gasteiger partial charge on any atom is -0.422 e. The third-order valence-corrected chi connectivity index (χ3v) is 3.89. The summed E-state index contributed by atoms with van der Waals surface area (Å²) in [6.45, 7) is 4.74. The van der Waals surface area contributed by atoms with Crippen molar-refractivity contribution in [3.8, 4) is 0 Å². The van der Waals surface area contributed by atoms with Crippen molar-refractivity contribution in [1.29, 1.82) is 0 Å². The van der Waals surface area contributed by atoms with Gasteiger partial charge in [-0.3, -0.25) is 9.48 Å². The average molecular weight is 346 g/mol. The fourth-order valence-corrected chi connectivity index (χ4v) is 2.70. The summed E-state index contributed by atoms with van der Waals surface area (Å²) < 4.78 is 6.97. The largest absolute Gasteiger partial charge is 0.422 e. The van der Waals surface area contributed by atoms with Crippen LogP contribution in [0, 0.1) is 13.8 Å². The van der Waals surface area contributed by atoms with Crippen LogP contribution in [0.25, 0.3) is 11.0 Å². The molecule has 0 bridgehead atoms. The Bertz CT molecular complexity index is 975. The first-order valence-corrected chi connectivity index (χ1v) is 7.84. The van der Waals surface area contributed by atoms with Gasteiger partial charge in [0.1, 0.15) is 11.1 Å². The summed E-state index contributed by atoms with van der Waals surface area (Å²) in [7, 11) is 0. The van der Waals surface area contributed by atoms with Crippen LogP contribution in [0.15, 0.2) is 39.5 Å². The first-order valence-electron chi connectivity index (χ1n) is 7.47. The molecular weight excluding hydrogens is 330 g/mol. The number of benzene rings is 1. The first-order chi connectivity index (χ1) is 11.4. The Hall–Kier alpha value is -2.60. The molecule has 0 unspecified atom stereocenters. The number of carbonyl (C=O) groups excluding carboxylic acids is 1. The molecule has 1 amide bonds. The standard InChI is InChI=1S/C17H16ClN3O3/c1-10-7-11(2)21(20-10)6-5-19-16(22)14-9-12-8-13(18)3-4-15(12)24-17(14)23/h3-4,7-9H,5-6H2,1-2H3,(H,19,22). The van der Waals surface area contributed by atoms with E-state index in [0.29, 0.717) is 29.1 Å². The van der Waals surface area contributed by atoms with Gasteiger partial charge in [-0.1, -0.05) is 11.6 Å². The van der Waals surface area contributed by atoms with Crippen molar-refractivity contribution in [2.75, 3.05) is 6.54 Å². The lowest BCUT2D eigenvalue weighted by molar-refractivity contribution is 0.0948. The quantitative estimate of drug-likeness (QED) is 0.737. The topological polar surface area (TPSA) is 77.1 Å². The van der Waals surface area contributed by atoms with Gasteiger partial charge in [0.15, 0.2) is 0 Å². The van der Waals surface area contributed by atoms with Crippen LogP contribution < -0.4 is 10.9 Å². The van der Waals surface area contributed by atoms with Crippen LogP contribution in [-0.4, -0.2) is 22.2 Å². The van der Waals surface area contributed by atoms with E-state index in [1.54, 1.807) is 22.9 Å². The summed E-state index contributed by atoms with van der Waals surface area (Å²) in [5, 5.41) is 8.14. The van der Waals surface area contributed by atoms with Gasteiger partial charge in [-0.25, -0.2) is 4.79 Å². The van der Waals surface area contributed by atoms with Gasteiger partial charge in [-0.05, 0) is 44.2 Å². The number of aromatic nitrogens is 2. The molecule has 7 heteroatoms. The molecule has 0 aliphatic heterocycles. The van der Waals surface area contributed by atoms with Crippen molar-refractivity contribution >= 4 is 28.5 Å². The fraction of sp³-hybridized carbons (Fsp3) is 0.235. The highest BCUT2D eigenvalue weighted by atomic mass is 35.5. The smallest absolute Gasteiger partial charge is 0.349 e. The molecule has 1 aromatic carbocycles. The van der Waals surface area contributed by atoms with E-state index in [1.165, 1.54) is 6.07 Å². The normalized spacial score (nSPS) is 11.0. The zero-order valence-electron chi connectivity index (χ0n) is 13.3. The molecule has 0 fully saturated rings. The monoisotopic (exact) mass is 345 g/mol. The fourth-order valence-electron chi connectivity index (χ4n) is 2.52. The lowest BCUT2D eigenvalue weighted by Gasteiger charge is -2.07. The lowest BCUT2D eigenvalue weighted by atomic mass is 10.2. The minimum atomic E-state index is -0.673. The van der Waals surface area contributed by atoms with Crippen molar-refractivity contribution in [3.63, 3.8) is 0 Å². The second kappa shape index (κ2) is 6.49. The molecule has 1 N–H and O–H groups in total. The summed E-state index contributed by atoms with van der Waals surface area (Å²) >= 11 is 5.93. The second-order valence-corrected chi connectivity index (χ2v) is 5.97. The van der Waals surface area contributed by atoms with Gasteiger partial charge in [-0.2, -0.15) is 5.10 Å². The molecule has 0 atom stereocenters. The predicted octanol–water partition coefficient (Wildman–Crippen LogP) is 2.69. The molecule has 0 saturated carbocycles. The van der Waals surface area contributed by atoms with Crippen molar-refractivity contribution < 1.29 is 9.21 Å². The van der Waals surface area contributed by atoms with Gasteiger partial charge in [0, 0.05) is 22.6 Å². The maximum Gasteiger partial charge on any atom is 0.349 e. The van der Waals surface area contributed by atoms with Gasteiger partial charge >= 0.3 is 5.63 Å². The van der Waals surface area contributed by atoms with Crippen molar-refractivity contribution in [3.05, 3.63) is 62.7 Å². The highest BCUT2D eigenvalue weighted by Gasteiger charge is 2.13. The summed E-state index contributed by atoms with van der Waals surface area (Å²) in [4.78, 5) is 24.2. The predicted molar refractivity (Wildman–Crippen MR) is 91.5 cm³/mol. The van der Waals surface area contributed by atoms with Crippen LogP contribution in [-0.2, 0) is 6.54 Å². The molecule has 6 nitrogen and oxygen atoms in total. The van der Waals surface area contributed by atoms with Crippen LogP contribution in [0.3, 0.4) is 0 Å². The SMILES string of the molecule is Cc1cc(C)n(CCNC(=O)c2cc3cc(Cl)ccc3oc2=O)n1. The molecule has 2 heterocycles. The third kappa shape index (κ3) is 3.33. The van der Waals surface area contributed by atoms with Crippen LogP contribution in [0.1, 0.15) is 21.7 Å². The highest BCUT2D eigenvalue weighted by molar-refractivity contribution is 6.31. The van der Waals surface area contributed by atoms with Gasteiger partial charge in [0.2, 0.25) is 0 Å². The molecule has 0 saturated heterocycles. The van der Waals surface area contributed by atoms with E-state index in [2.05, 4.69) is 10.4 Å². The third-order valence-electron chi connectivity index (χ3n) is 3.65. The van der Waals surface area contributed by atoms with E-state index in [0.717, 1.165) is 11.4 Å². The van der Waals surface area contributed by atoms with E-state index in [-0.39, 0.29) is 5.56 Å². The zero-order valence-corrected chi connectivity index (χ0v) is 14.1. The highest BCUT2D eigenvalue weighted by Crippen LogP contribution is 2.18. The van der Waals surface area contributed by atoms with Crippen LogP contribution in [0.2, 0.25) is 5.02 Å². The van der Waals surface area contributed by atoms with Crippen molar-refractivity contribution in [2.24, 2.45) is 0 Å². The average Bonchev–Trinajstić information content (AvgIpc) is 2.84. The number of nitrogens with zero attached hydrogens (tertiary/aromatic N) is 2. The number of carbonyl (C=O) groups is 1. The molecule has 2 aromatic heterocycles. The zero-order chi connectivity index (χ0) is 17.3. The summed E-state index contributed by atoms with van der Waals surface area (Å²) in [6, 6.07) is 8.33. The Morgan fingerprint density at radius 3 is 2.79 bits per heavy atom. The maximum absolute atomic E-state index is 12.2. The molecule has 0 aliphatic carbocycles. The number of halogens is 1. The van der Waals surface area contributed by atoms with E-state index >= 15 is 0 Å². The molecule has 3 aromatic rings. The Morgan fingerprint density at radius 1 is 1.29 bits per heavy atom. The van der Waals surface area contributed by atoms with Crippen LogP contribution >= 0.6 is 11.6 Å². The summed E-state index contributed by atoms with van der Waals surface area (Å²) in [6.07, 6.45) is 0. The second-order valence-electron chi connectivity index (χ2n) is 5.54. The Balaban J connectivity index is 1.75. The number of hydrogen-bond donors (Lipinski definition) is 1. The van der Waals surface area contributed by atoms with E-state index < -0.39 is 11.5 Å². The Labute approximate surface area is 143 Å². The number of hydrogen-bond acceptors (Lipinski definition) is 4. The molecule has 0 aliphatic rings. The van der Waals surface area contributed by atoms with E-state index in [1.807, 2.05) is 19.9 Å². The Kier molecular flexibility index (Phi) is 4.40. The molecule has 124 valence electrons. The maximum atomic E-state index is 12.2. The molecule has 24 heavy (non-hydrogen) atoms. The first kappa shape index (κ1) is 16.3. The minimum absolute atomic E-state index is 0.0434. The Morgan fingerprint density at radius 2 is 2.08 bits per heavy atom. The van der Waals surface area contributed by atoms with Crippen molar-refractivity contribution in [2.45, 2.75) is 20.4 Å². The van der Waals surface area contributed by atoms with Crippen LogP contribution in [0.5, 0.6) is 0 Å². The lowest BCUT2D eigenvalue weighted by Crippen LogP contribution is -2.31. The summed E-state index contributed by atoms with van der Waals surface area (Å²) in [5.74, 6) is -0.479. The van der Waals surface area contributed by atoms with Crippen molar-refractivity contribution in [1.82, 2.24) is 15.1 Å². The molecule has 0 spiro atoms. The van der Waals surface area contributed by atoms with E-state index in [9.17, 15) is 9.59 Å². The molecular formula is C17H16ClN3O3. The van der Waals surface area contributed by atoms with E-state index in [4.69, 9.17) is 16.0 Å². The van der Waals surface area contributed by atoms with Gasteiger partial charge in [-0.15, -0.1) is 0 Å². The van der Waals surface area contributed by atoms with Crippen LogP contribution in [0.4, 0.5) is 0 Å². The van der Waals surface area contributed by atoms with Gasteiger partial charge < -0.3 is 9.73 Å². The number of nitrogens with one attached hydrogen (secondary N) is 1. The molecule has 0 radical (unpaired) electrons. The van der Waals surface area contributed by atoms with Gasteiger partial charge in [0.05, 0.1) is 12.2 Å². The number of fused-ring (bicyclic) bond motifs is 1.